The molecular formula is C14H12ClNO. The third-order valence-corrected chi connectivity index (χ3v) is 3.01. The van der Waals surface area contributed by atoms with Crippen LogP contribution in [-0.4, -0.2) is 5.78 Å². The summed E-state index contributed by atoms with van der Waals surface area (Å²) in [6, 6.07) is 12.2. The van der Waals surface area contributed by atoms with Crippen LogP contribution in [0.3, 0.4) is 0 Å². The molecule has 2 aromatic rings. The van der Waals surface area contributed by atoms with Crippen molar-refractivity contribution in [3.8, 4) is 0 Å². The summed E-state index contributed by atoms with van der Waals surface area (Å²) in [4.78, 5) is 12.1. The molecule has 0 saturated heterocycles. The lowest BCUT2D eigenvalue weighted by atomic mass is 10.0. The summed E-state index contributed by atoms with van der Waals surface area (Å²) in [5.41, 5.74) is 8.38. The first-order valence-electron chi connectivity index (χ1n) is 5.24. The zero-order valence-corrected chi connectivity index (χ0v) is 10.2. The molecule has 0 radical (unpaired) electrons. The largest absolute Gasteiger partial charge is 0.399 e. The summed E-state index contributed by atoms with van der Waals surface area (Å²) >= 11 is 6.00. The summed E-state index contributed by atoms with van der Waals surface area (Å²) in [6.45, 7) is 1.90. The molecule has 0 aliphatic rings. The number of benzene rings is 2. The van der Waals surface area contributed by atoms with Crippen molar-refractivity contribution in [3.05, 3.63) is 64.2 Å². The molecule has 2 rings (SSSR count). The Bertz CT molecular complexity index is 561. The Balaban J connectivity index is 2.37. The Morgan fingerprint density at radius 1 is 1.06 bits per heavy atom. The minimum atomic E-state index is -0.0492. The van der Waals surface area contributed by atoms with Gasteiger partial charge in [-0.1, -0.05) is 23.7 Å². The van der Waals surface area contributed by atoms with Gasteiger partial charge in [0.25, 0.3) is 0 Å². The van der Waals surface area contributed by atoms with E-state index >= 15 is 0 Å². The number of carbonyl (C=O) groups excluding carboxylic acids is 1. The fourth-order valence-corrected chi connectivity index (χ4v) is 1.72. The van der Waals surface area contributed by atoms with E-state index in [4.69, 9.17) is 17.3 Å². The molecular weight excluding hydrogens is 234 g/mol. The lowest BCUT2D eigenvalue weighted by molar-refractivity contribution is 0.103. The number of aryl methyl sites for hydroxylation is 1. The van der Waals surface area contributed by atoms with Crippen LogP contribution in [0.15, 0.2) is 42.5 Å². The molecule has 0 aliphatic carbocycles. The van der Waals surface area contributed by atoms with Crippen molar-refractivity contribution < 1.29 is 4.79 Å². The van der Waals surface area contributed by atoms with Gasteiger partial charge >= 0.3 is 0 Å². The van der Waals surface area contributed by atoms with Gasteiger partial charge in [-0.2, -0.15) is 0 Å². The third kappa shape index (κ3) is 2.48. The van der Waals surface area contributed by atoms with Crippen LogP contribution in [0.2, 0.25) is 5.02 Å². The molecule has 0 spiro atoms. The van der Waals surface area contributed by atoms with Crippen molar-refractivity contribution in [2.45, 2.75) is 6.92 Å². The quantitative estimate of drug-likeness (QED) is 0.650. The lowest BCUT2D eigenvalue weighted by Gasteiger charge is -2.04. The standard InChI is InChI=1S/C14H12ClNO/c1-9-2-3-11(8-13(9)15)14(17)10-4-6-12(16)7-5-10/h2-8H,16H2,1H3. The van der Waals surface area contributed by atoms with E-state index in [1.807, 2.05) is 13.0 Å². The molecule has 0 unspecified atom stereocenters. The van der Waals surface area contributed by atoms with Crippen molar-refractivity contribution in [1.29, 1.82) is 0 Å². The predicted octanol–water partition coefficient (Wildman–Crippen LogP) is 3.46. The number of halogens is 1. The maximum Gasteiger partial charge on any atom is 0.193 e. The number of hydrogen-bond donors (Lipinski definition) is 1. The molecule has 0 fully saturated rings. The minimum Gasteiger partial charge on any atom is -0.399 e. The highest BCUT2D eigenvalue weighted by atomic mass is 35.5. The number of carbonyl (C=O) groups is 1. The first kappa shape index (κ1) is 11.7. The normalized spacial score (nSPS) is 10.2. The van der Waals surface area contributed by atoms with E-state index in [2.05, 4.69) is 0 Å². The molecule has 2 aromatic carbocycles. The molecule has 0 atom stereocenters. The fraction of sp³-hybridized carbons (Fsp3) is 0.0714. The molecule has 0 heterocycles. The molecule has 0 saturated carbocycles. The lowest BCUT2D eigenvalue weighted by Crippen LogP contribution is -2.01. The Kier molecular flexibility index (Phi) is 3.16. The van der Waals surface area contributed by atoms with Gasteiger partial charge in [-0.15, -0.1) is 0 Å². The summed E-state index contributed by atoms with van der Waals surface area (Å²) in [5.74, 6) is -0.0492. The summed E-state index contributed by atoms with van der Waals surface area (Å²) in [7, 11) is 0. The van der Waals surface area contributed by atoms with Gasteiger partial charge in [0.1, 0.15) is 0 Å². The Morgan fingerprint density at radius 2 is 1.65 bits per heavy atom. The van der Waals surface area contributed by atoms with E-state index in [0.717, 1.165) is 5.56 Å². The predicted molar refractivity (Wildman–Crippen MR) is 70.5 cm³/mol. The highest BCUT2D eigenvalue weighted by molar-refractivity contribution is 6.31. The Hall–Kier alpha value is -1.80. The highest BCUT2D eigenvalue weighted by Gasteiger charge is 2.09. The van der Waals surface area contributed by atoms with Gasteiger partial charge in [0.15, 0.2) is 5.78 Å². The molecule has 3 heteroatoms. The summed E-state index contributed by atoms with van der Waals surface area (Å²) in [6.07, 6.45) is 0. The number of nitrogens with two attached hydrogens (primary N) is 1. The fourth-order valence-electron chi connectivity index (χ4n) is 1.54. The second kappa shape index (κ2) is 4.60. The van der Waals surface area contributed by atoms with E-state index in [-0.39, 0.29) is 5.78 Å². The highest BCUT2D eigenvalue weighted by Crippen LogP contribution is 2.19. The molecule has 2 nitrogen and oxygen atoms in total. The summed E-state index contributed by atoms with van der Waals surface area (Å²) in [5, 5.41) is 0.603. The molecule has 0 bridgehead atoms. The van der Waals surface area contributed by atoms with E-state index in [1.54, 1.807) is 36.4 Å². The van der Waals surface area contributed by atoms with Gasteiger partial charge in [-0.25, -0.2) is 0 Å². The second-order valence-corrected chi connectivity index (χ2v) is 4.32. The van der Waals surface area contributed by atoms with Gasteiger partial charge in [0, 0.05) is 21.8 Å². The zero-order chi connectivity index (χ0) is 12.4. The molecule has 0 aliphatic heterocycles. The second-order valence-electron chi connectivity index (χ2n) is 3.92. The van der Waals surface area contributed by atoms with Gasteiger partial charge in [-0.3, -0.25) is 4.79 Å². The van der Waals surface area contributed by atoms with Crippen molar-refractivity contribution in [1.82, 2.24) is 0 Å². The topological polar surface area (TPSA) is 43.1 Å². The van der Waals surface area contributed by atoms with E-state index < -0.39 is 0 Å². The van der Waals surface area contributed by atoms with Crippen LogP contribution in [0.25, 0.3) is 0 Å². The summed E-state index contributed by atoms with van der Waals surface area (Å²) < 4.78 is 0. The van der Waals surface area contributed by atoms with Crippen LogP contribution < -0.4 is 5.73 Å². The Labute approximate surface area is 105 Å². The van der Waals surface area contributed by atoms with E-state index in [0.29, 0.717) is 21.8 Å². The maximum atomic E-state index is 12.1. The zero-order valence-electron chi connectivity index (χ0n) is 9.41. The van der Waals surface area contributed by atoms with Crippen LogP contribution in [-0.2, 0) is 0 Å². The molecule has 0 aromatic heterocycles. The van der Waals surface area contributed by atoms with Crippen LogP contribution >= 0.6 is 11.6 Å². The number of ketones is 1. The average molecular weight is 246 g/mol. The van der Waals surface area contributed by atoms with Crippen molar-refractivity contribution in [2.24, 2.45) is 0 Å². The van der Waals surface area contributed by atoms with Crippen LogP contribution in [0.4, 0.5) is 5.69 Å². The third-order valence-electron chi connectivity index (χ3n) is 2.61. The maximum absolute atomic E-state index is 12.1. The molecule has 86 valence electrons. The Morgan fingerprint density at radius 3 is 2.24 bits per heavy atom. The molecule has 2 N–H and O–H groups in total. The number of rotatable bonds is 2. The van der Waals surface area contributed by atoms with Gasteiger partial charge in [-0.05, 0) is 42.8 Å². The monoisotopic (exact) mass is 245 g/mol. The first-order chi connectivity index (χ1) is 8.08. The van der Waals surface area contributed by atoms with Crippen molar-refractivity contribution >= 4 is 23.1 Å². The van der Waals surface area contributed by atoms with Crippen LogP contribution in [0.5, 0.6) is 0 Å². The SMILES string of the molecule is Cc1ccc(C(=O)c2ccc(N)cc2)cc1Cl. The van der Waals surface area contributed by atoms with Crippen LogP contribution in [0.1, 0.15) is 21.5 Å². The first-order valence-corrected chi connectivity index (χ1v) is 5.62. The molecule has 0 amide bonds. The van der Waals surface area contributed by atoms with Crippen molar-refractivity contribution in [3.63, 3.8) is 0 Å². The van der Waals surface area contributed by atoms with Gasteiger partial charge in [0.2, 0.25) is 0 Å². The number of hydrogen-bond acceptors (Lipinski definition) is 2. The smallest absolute Gasteiger partial charge is 0.193 e. The van der Waals surface area contributed by atoms with E-state index in [1.165, 1.54) is 0 Å². The number of nitrogen functional groups attached to an aromatic ring is 1. The van der Waals surface area contributed by atoms with Crippen molar-refractivity contribution in [2.75, 3.05) is 5.73 Å². The van der Waals surface area contributed by atoms with Crippen LogP contribution in [0, 0.1) is 6.92 Å². The number of anilines is 1. The van der Waals surface area contributed by atoms with Gasteiger partial charge < -0.3 is 5.73 Å². The van der Waals surface area contributed by atoms with Gasteiger partial charge in [0.05, 0.1) is 0 Å². The minimum absolute atomic E-state index is 0.0492. The molecule has 17 heavy (non-hydrogen) atoms. The average Bonchev–Trinajstić information content (AvgIpc) is 2.33. The van der Waals surface area contributed by atoms with E-state index in [9.17, 15) is 4.79 Å².